The van der Waals surface area contributed by atoms with Gasteiger partial charge in [-0.15, -0.1) is 0 Å². The molecule has 0 radical (unpaired) electrons. The molecule has 0 atom stereocenters. The van der Waals surface area contributed by atoms with Crippen molar-refractivity contribution in [2.75, 3.05) is 18.8 Å². The molecule has 0 amide bonds. The first-order chi connectivity index (χ1) is 7.70. The van der Waals surface area contributed by atoms with E-state index in [0.717, 1.165) is 24.5 Å². The van der Waals surface area contributed by atoms with Crippen LogP contribution in [0, 0.1) is 13.8 Å². The van der Waals surface area contributed by atoms with Crippen molar-refractivity contribution in [3.05, 3.63) is 29.3 Å². The van der Waals surface area contributed by atoms with Crippen molar-refractivity contribution < 1.29 is 0 Å². The Kier molecular flexibility index (Phi) is 3.54. The average molecular weight is 234 g/mol. The number of hydrogen-bond donors (Lipinski definition) is 0. The first-order valence-corrected chi connectivity index (χ1v) is 6.73. The predicted octanol–water partition coefficient (Wildman–Crippen LogP) is 3.36. The first kappa shape index (κ1) is 11.5. The highest BCUT2D eigenvalue weighted by atomic mass is 32.2. The van der Waals surface area contributed by atoms with E-state index in [-0.39, 0.29) is 0 Å². The lowest BCUT2D eigenvalue weighted by molar-refractivity contribution is 0.489. The number of aliphatic imine (C=N–C) groups is 1. The zero-order valence-corrected chi connectivity index (χ0v) is 11.0. The molecule has 1 aromatic rings. The number of nitrogens with zero attached hydrogens (tertiary/aromatic N) is 2. The van der Waals surface area contributed by atoms with Crippen LogP contribution in [0.15, 0.2) is 23.2 Å². The van der Waals surface area contributed by atoms with Crippen LogP contribution in [0.5, 0.6) is 0 Å². The molecule has 0 bridgehead atoms. The van der Waals surface area contributed by atoms with E-state index in [4.69, 9.17) is 4.99 Å². The van der Waals surface area contributed by atoms with E-state index in [1.807, 2.05) is 11.8 Å². The van der Waals surface area contributed by atoms with Gasteiger partial charge >= 0.3 is 0 Å². The standard InChI is InChI=1S/C13H18N2S/c1-4-15-7-8-16-13(15)14-12-6-5-10(2)9-11(12)3/h5-6,9H,4,7-8H2,1-3H3. The lowest BCUT2D eigenvalue weighted by atomic mass is 10.1. The van der Waals surface area contributed by atoms with Crippen molar-refractivity contribution >= 4 is 22.6 Å². The Labute approximate surface area is 102 Å². The van der Waals surface area contributed by atoms with Gasteiger partial charge in [-0.25, -0.2) is 4.99 Å². The Bertz CT molecular complexity index is 412. The van der Waals surface area contributed by atoms with E-state index in [9.17, 15) is 0 Å². The molecule has 0 aromatic heterocycles. The minimum atomic E-state index is 1.05. The van der Waals surface area contributed by atoms with Crippen molar-refractivity contribution in [3.63, 3.8) is 0 Å². The van der Waals surface area contributed by atoms with Gasteiger partial charge in [0.15, 0.2) is 5.17 Å². The molecule has 1 aromatic carbocycles. The van der Waals surface area contributed by atoms with Crippen LogP contribution in [0.1, 0.15) is 18.1 Å². The Hall–Kier alpha value is -0.960. The fourth-order valence-electron chi connectivity index (χ4n) is 1.86. The second kappa shape index (κ2) is 4.91. The van der Waals surface area contributed by atoms with Crippen molar-refractivity contribution in [1.82, 2.24) is 4.90 Å². The van der Waals surface area contributed by atoms with Gasteiger partial charge < -0.3 is 4.90 Å². The zero-order valence-electron chi connectivity index (χ0n) is 10.2. The molecule has 3 heteroatoms. The SMILES string of the molecule is CCN1CCSC1=Nc1ccc(C)cc1C. The van der Waals surface area contributed by atoms with Crippen molar-refractivity contribution in [2.45, 2.75) is 20.8 Å². The summed E-state index contributed by atoms with van der Waals surface area (Å²) in [6.45, 7) is 8.61. The number of rotatable bonds is 2. The quantitative estimate of drug-likeness (QED) is 0.779. The molecule has 0 aliphatic carbocycles. The van der Waals surface area contributed by atoms with Gasteiger partial charge in [0, 0.05) is 18.8 Å². The van der Waals surface area contributed by atoms with Gasteiger partial charge in [-0.2, -0.15) is 0 Å². The second-order valence-corrected chi connectivity index (χ2v) is 5.17. The molecule has 0 N–H and O–H groups in total. The van der Waals surface area contributed by atoms with E-state index in [1.165, 1.54) is 16.3 Å². The highest BCUT2D eigenvalue weighted by Crippen LogP contribution is 2.25. The molecule has 2 rings (SSSR count). The van der Waals surface area contributed by atoms with Crippen LogP contribution in [-0.2, 0) is 0 Å². The van der Waals surface area contributed by atoms with Crippen molar-refractivity contribution in [2.24, 2.45) is 4.99 Å². The first-order valence-electron chi connectivity index (χ1n) is 5.74. The highest BCUT2D eigenvalue weighted by Gasteiger charge is 2.17. The van der Waals surface area contributed by atoms with Gasteiger partial charge in [0.25, 0.3) is 0 Å². The molecular formula is C13H18N2S. The van der Waals surface area contributed by atoms with Gasteiger partial charge in [-0.3, -0.25) is 0 Å². The van der Waals surface area contributed by atoms with Gasteiger partial charge in [-0.05, 0) is 32.4 Å². The van der Waals surface area contributed by atoms with Crippen LogP contribution < -0.4 is 0 Å². The van der Waals surface area contributed by atoms with E-state index >= 15 is 0 Å². The number of aryl methyl sites for hydroxylation is 2. The molecule has 1 fully saturated rings. The molecule has 16 heavy (non-hydrogen) atoms. The molecule has 86 valence electrons. The average Bonchev–Trinajstić information content (AvgIpc) is 2.69. The van der Waals surface area contributed by atoms with Gasteiger partial charge in [0.1, 0.15) is 0 Å². The maximum Gasteiger partial charge on any atom is 0.164 e. The summed E-state index contributed by atoms with van der Waals surface area (Å²) >= 11 is 1.86. The topological polar surface area (TPSA) is 15.6 Å². The summed E-state index contributed by atoms with van der Waals surface area (Å²) < 4.78 is 0. The lowest BCUT2D eigenvalue weighted by Gasteiger charge is -2.14. The Balaban J connectivity index is 2.28. The minimum absolute atomic E-state index is 1.05. The maximum atomic E-state index is 4.76. The van der Waals surface area contributed by atoms with Crippen LogP contribution in [0.4, 0.5) is 5.69 Å². The molecule has 2 nitrogen and oxygen atoms in total. The fraction of sp³-hybridized carbons (Fsp3) is 0.462. The molecule has 0 saturated carbocycles. The van der Waals surface area contributed by atoms with Gasteiger partial charge in [0.05, 0.1) is 5.69 Å². The highest BCUT2D eigenvalue weighted by molar-refractivity contribution is 8.14. The molecule has 0 spiro atoms. The van der Waals surface area contributed by atoms with Crippen LogP contribution >= 0.6 is 11.8 Å². The monoisotopic (exact) mass is 234 g/mol. The second-order valence-electron chi connectivity index (χ2n) is 4.11. The van der Waals surface area contributed by atoms with E-state index in [2.05, 4.69) is 43.9 Å². The molecule has 0 unspecified atom stereocenters. The Morgan fingerprint density at radius 1 is 1.38 bits per heavy atom. The third-order valence-electron chi connectivity index (χ3n) is 2.81. The van der Waals surface area contributed by atoms with E-state index in [0.29, 0.717) is 0 Å². The summed E-state index contributed by atoms with van der Waals surface area (Å²) in [6, 6.07) is 6.43. The molecule has 1 heterocycles. The Morgan fingerprint density at radius 2 is 2.19 bits per heavy atom. The third kappa shape index (κ3) is 2.40. The molecular weight excluding hydrogens is 216 g/mol. The van der Waals surface area contributed by atoms with E-state index in [1.54, 1.807) is 0 Å². The predicted molar refractivity (Wildman–Crippen MR) is 72.7 cm³/mol. The maximum absolute atomic E-state index is 4.76. The van der Waals surface area contributed by atoms with Crippen LogP contribution in [0.3, 0.4) is 0 Å². The van der Waals surface area contributed by atoms with Crippen molar-refractivity contribution in [1.29, 1.82) is 0 Å². The smallest absolute Gasteiger partial charge is 0.164 e. The summed E-state index contributed by atoms with van der Waals surface area (Å²) in [6.07, 6.45) is 0. The zero-order chi connectivity index (χ0) is 11.5. The van der Waals surface area contributed by atoms with Crippen LogP contribution in [-0.4, -0.2) is 28.9 Å². The van der Waals surface area contributed by atoms with E-state index < -0.39 is 0 Å². The lowest BCUT2D eigenvalue weighted by Crippen LogP contribution is -2.23. The van der Waals surface area contributed by atoms with Crippen molar-refractivity contribution in [3.8, 4) is 0 Å². The van der Waals surface area contributed by atoms with Gasteiger partial charge in [-0.1, -0.05) is 29.5 Å². The number of benzene rings is 1. The third-order valence-corrected chi connectivity index (χ3v) is 3.81. The van der Waals surface area contributed by atoms with Crippen LogP contribution in [0.25, 0.3) is 0 Å². The number of thioether (sulfide) groups is 1. The normalized spacial score (nSPS) is 18.4. The Morgan fingerprint density at radius 3 is 2.88 bits per heavy atom. The number of amidine groups is 1. The summed E-state index contributed by atoms with van der Waals surface area (Å²) in [4.78, 5) is 7.09. The minimum Gasteiger partial charge on any atom is -0.351 e. The van der Waals surface area contributed by atoms with Gasteiger partial charge in [0.2, 0.25) is 0 Å². The largest absolute Gasteiger partial charge is 0.351 e. The van der Waals surface area contributed by atoms with Crippen LogP contribution in [0.2, 0.25) is 0 Å². The fourth-order valence-corrected chi connectivity index (χ4v) is 2.92. The summed E-state index contributed by atoms with van der Waals surface area (Å²) in [7, 11) is 0. The summed E-state index contributed by atoms with van der Waals surface area (Å²) in [5.74, 6) is 1.16. The molecule has 1 aliphatic heterocycles. The number of hydrogen-bond acceptors (Lipinski definition) is 2. The molecule has 1 saturated heterocycles. The molecule has 1 aliphatic rings. The summed E-state index contributed by atoms with van der Waals surface area (Å²) in [5.41, 5.74) is 3.66. The summed E-state index contributed by atoms with van der Waals surface area (Å²) in [5, 5.41) is 1.18.